The van der Waals surface area contributed by atoms with Gasteiger partial charge in [-0.2, -0.15) is 0 Å². The second kappa shape index (κ2) is 7.22. The van der Waals surface area contributed by atoms with Crippen LogP contribution in [0.1, 0.15) is 0 Å². The van der Waals surface area contributed by atoms with Gasteiger partial charge < -0.3 is 19.6 Å². The van der Waals surface area contributed by atoms with E-state index in [1.54, 1.807) is 0 Å². The van der Waals surface area contributed by atoms with Crippen LogP contribution >= 0.6 is 11.8 Å². The zero-order valence-corrected chi connectivity index (χ0v) is 10.9. The topological polar surface area (TPSA) is 87.2 Å². The molecule has 0 bridgehead atoms. The fourth-order valence-electron chi connectivity index (χ4n) is 1.46. The second-order valence-electron chi connectivity index (χ2n) is 3.77. The molecule has 1 aliphatic rings. The van der Waals surface area contributed by atoms with Crippen LogP contribution in [0.4, 0.5) is 0 Å². The number of carbonyl (C=O) groups excluding carboxylic acids is 2. The maximum atomic E-state index is 11.9. The number of carboxylic acid groups (broad SMARTS) is 1. The van der Waals surface area contributed by atoms with E-state index in [0.29, 0.717) is 11.6 Å². The lowest BCUT2D eigenvalue weighted by molar-refractivity contribution is -0.146. The summed E-state index contributed by atoms with van der Waals surface area (Å²) in [6.07, 6.45) is 0. The third-order valence-corrected chi connectivity index (χ3v) is 3.34. The van der Waals surface area contributed by atoms with Crippen LogP contribution in [0, 0.1) is 0 Å². The highest BCUT2D eigenvalue weighted by atomic mass is 32.2. The van der Waals surface area contributed by atoms with E-state index in [1.165, 1.54) is 28.7 Å². The SMILES string of the molecule is COCCN(CC(=O)O)C(=O)CN1CSCC1=O. The highest BCUT2D eigenvalue weighted by Crippen LogP contribution is 2.14. The predicted octanol–water partition coefficient (Wildman–Crippen LogP) is -0.921. The Labute approximate surface area is 109 Å². The molecule has 1 fully saturated rings. The van der Waals surface area contributed by atoms with Crippen molar-refractivity contribution in [3.05, 3.63) is 0 Å². The summed E-state index contributed by atoms with van der Waals surface area (Å²) in [5, 5.41) is 8.73. The number of carbonyl (C=O) groups is 3. The number of rotatable bonds is 7. The highest BCUT2D eigenvalue weighted by molar-refractivity contribution is 8.00. The van der Waals surface area contributed by atoms with Crippen LogP contribution in [0.25, 0.3) is 0 Å². The first-order valence-electron chi connectivity index (χ1n) is 5.38. The fourth-order valence-corrected chi connectivity index (χ4v) is 2.36. The van der Waals surface area contributed by atoms with E-state index in [2.05, 4.69) is 0 Å². The number of nitrogens with zero attached hydrogens (tertiary/aromatic N) is 2. The first-order chi connectivity index (χ1) is 8.54. The molecule has 0 spiro atoms. The standard InChI is InChI=1S/C10H16N2O5S/c1-17-3-2-11(5-10(15)16)8(13)4-12-7-18-6-9(12)14/h2-7H2,1H3,(H,15,16). The van der Waals surface area contributed by atoms with Crippen molar-refractivity contribution in [2.45, 2.75) is 0 Å². The largest absolute Gasteiger partial charge is 0.480 e. The fraction of sp³-hybridized carbons (Fsp3) is 0.700. The molecule has 0 unspecified atom stereocenters. The monoisotopic (exact) mass is 276 g/mol. The van der Waals surface area contributed by atoms with Crippen LogP contribution in [0.15, 0.2) is 0 Å². The molecule has 0 aliphatic carbocycles. The molecule has 8 heteroatoms. The summed E-state index contributed by atoms with van der Waals surface area (Å²) >= 11 is 1.44. The minimum atomic E-state index is -1.08. The van der Waals surface area contributed by atoms with Crippen molar-refractivity contribution in [3.8, 4) is 0 Å². The molecule has 18 heavy (non-hydrogen) atoms. The van der Waals surface area contributed by atoms with Crippen LogP contribution in [0.5, 0.6) is 0 Å². The van der Waals surface area contributed by atoms with Crippen molar-refractivity contribution in [1.29, 1.82) is 0 Å². The maximum absolute atomic E-state index is 11.9. The van der Waals surface area contributed by atoms with Crippen LogP contribution < -0.4 is 0 Å². The molecule has 1 N–H and O–H groups in total. The Bertz CT molecular complexity index is 336. The van der Waals surface area contributed by atoms with Gasteiger partial charge in [-0.05, 0) is 0 Å². The number of thioether (sulfide) groups is 1. The summed E-state index contributed by atoms with van der Waals surface area (Å²) in [4.78, 5) is 36.5. The minimum Gasteiger partial charge on any atom is -0.480 e. The van der Waals surface area contributed by atoms with Gasteiger partial charge in [0.25, 0.3) is 0 Å². The molecule has 0 aromatic heterocycles. The van der Waals surface area contributed by atoms with E-state index in [1.807, 2.05) is 0 Å². The molecule has 0 radical (unpaired) electrons. The number of aliphatic carboxylic acids is 1. The molecule has 7 nitrogen and oxygen atoms in total. The molecule has 0 aromatic carbocycles. The van der Waals surface area contributed by atoms with E-state index in [9.17, 15) is 14.4 Å². The third-order valence-electron chi connectivity index (χ3n) is 2.40. The lowest BCUT2D eigenvalue weighted by Gasteiger charge is -2.23. The molecule has 1 rings (SSSR count). The number of amides is 2. The summed E-state index contributed by atoms with van der Waals surface area (Å²) in [6, 6.07) is 0. The van der Waals surface area contributed by atoms with Gasteiger partial charge in [0, 0.05) is 13.7 Å². The molecule has 2 amide bonds. The van der Waals surface area contributed by atoms with Gasteiger partial charge in [0.15, 0.2) is 0 Å². The van der Waals surface area contributed by atoms with Crippen molar-refractivity contribution in [3.63, 3.8) is 0 Å². The van der Waals surface area contributed by atoms with E-state index in [0.717, 1.165) is 0 Å². The molecule has 0 aromatic rings. The van der Waals surface area contributed by atoms with Gasteiger partial charge in [0.1, 0.15) is 13.1 Å². The van der Waals surface area contributed by atoms with Gasteiger partial charge >= 0.3 is 5.97 Å². The Morgan fingerprint density at radius 2 is 2.28 bits per heavy atom. The average Bonchev–Trinajstić information content (AvgIpc) is 2.70. The van der Waals surface area contributed by atoms with Crippen LogP contribution in [-0.2, 0) is 19.1 Å². The smallest absolute Gasteiger partial charge is 0.323 e. The van der Waals surface area contributed by atoms with Gasteiger partial charge in [0.2, 0.25) is 11.8 Å². The van der Waals surface area contributed by atoms with Gasteiger partial charge in [-0.25, -0.2) is 0 Å². The molecule has 102 valence electrons. The number of carboxylic acids is 1. The summed E-state index contributed by atoms with van der Waals surface area (Å²) < 4.78 is 4.82. The molecule has 1 aliphatic heterocycles. The first kappa shape index (κ1) is 14.8. The molecular weight excluding hydrogens is 260 g/mol. The molecular formula is C10H16N2O5S. The van der Waals surface area contributed by atoms with Crippen molar-refractivity contribution in [1.82, 2.24) is 9.80 Å². The van der Waals surface area contributed by atoms with Gasteiger partial charge in [-0.3, -0.25) is 14.4 Å². The number of hydrogen-bond acceptors (Lipinski definition) is 5. The van der Waals surface area contributed by atoms with Crippen LogP contribution in [0.3, 0.4) is 0 Å². The lowest BCUT2D eigenvalue weighted by Crippen LogP contribution is -2.44. The van der Waals surface area contributed by atoms with Crippen molar-refractivity contribution in [2.24, 2.45) is 0 Å². The van der Waals surface area contributed by atoms with E-state index in [-0.39, 0.29) is 38.1 Å². The van der Waals surface area contributed by atoms with E-state index in [4.69, 9.17) is 9.84 Å². The zero-order chi connectivity index (χ0) is 13.5. The summed E-state index contributed by atoms with van der Waals surface area (Å²) in [5.41, 5.74) is 0. The van der Waals surface area contributed by atoms with Gasteiger partial charge in [-0.1, -0.05) is 0 Å². The van der Waals surface area contributed by atoms with Crippen LogP contribution in [0.2, 0.25) is 0 Å². The van der Waals surface area contributed by atoms with Crippen LogP contribution in [-0.4, -0.2) is 77.7 Å². The maximum Gasteiger partial charge on any atom is 0.323 e. The summed E-state index contributed by atoms with van der Waals surface area (Å²) in [6.45, 7) is 0.0265. The van der Waals surface area contributed by atoms with Gasteiger partial charge in [-0.15, -0.1) is 11.8 Å². The Kier molecular flexibility index (Phi) is 5.93. The lowest BCUT2D eigenvalue weighted by atomic mass is 10.4. The highest BCUT2D eigenvalue weighted by Gasteiger charge is 2.26. The Morgan fingerprint density at radius 1 is 1.56 bits per heavy atom. The molecule has 1 saturated heterocycles. The Morgan fingerprint density at radius 3 is 2.78 bits per heavy atom. The normalized spacial score (nSPS) is 14.9. The summed E-state index contributed by atoms with van der Waals surface area (Å²) in [5.74, 6) is -0.678. The van der Waals surface area contributed by atoms with Crippen molar-refractivity contribution >= 4 is 29.5 Å². The minimum absolute atomic E-state index is 0.0666. The zero-order valence-electron chi connectivity index (χ0n) is 10.1. The number of ether oxygens (including phenoxy) is 1. The van der Waals surface area contributed by atoms with E-state index < -0.39 is 5.97 Å². The number of methoxy groups -OCH3 is 1. The van der Waals surface area contributed by atoms with Crippen molar-refractivity contribution in [2.75, 3.05) is 45.0 Å². The summed E-state index contributed by atoms with van der Waals surface area (Å²) in [7, 11) is 1.48. The van der Waals surface area contributed by atoms with Gasteiger partial charge in [0.05, 0.1) is 18.2 Å². The number of hydrogen-bond donors (Lipinski definition) is 1. The molecule has 0 saturated carbocycles. The van der Waals surface area contributed by atoms with E-state index >= 15 is 0 Å². The average molecular weight is 276 g/mol. The third kappa shape index (κ3) is 4.53. The van der Waals surface area contributed by atoms with Crippen molar-refractivity contribution < 1.29 is 24.2 Å². The molecule has 1 heterocycles. The second-order valence-corrected chi connectivity index (χ2v) is 4.73. The predicted molar refractivity (Wildman–Crippen MR) is 65.1 cm³/mol. The molecule has 0 atom stereocenters. The first-order valence-corrected chi connectivity index (χ1v) is 6.54. The Balaban J connectivity index is 2.51. The Hall–Kier alpha value is -1.28. The quantitative estimate of drug-likeness (QED) is 0.647.